The summed E-state index contributed by atoms with van der Waals surface area (Å²) < 4.78 is 0. The first-order chi connectivity index (χ1) is 11.3. The largest absolute Gasteiger partial charge is 0.480 e. The Bertz CT molecular complexity index is 566. The van der Waals surface area contributed by atoms with Crippen molar-refractivity contribution in [2.75, 3.05) is 17.6 Å². The highest BCUT2D eigenvalue weighted by Gasteiger charge is 2.27. The van der Waals surface area contributed by atoms with Crippen LogP contribution in [0, 0.1) is 5.92 Å². The van der Waals surface area contributed by atoms with Crippen molar-refractivity contribution in [3.05, 3.63) is 30.3 Å². The molecule has 7 nitrogen and oxygen atoms in total. The molecule has 2 amide bonds. The van der Waals surface area contributed by atoms with Gasteiger partial charge in [-0.25, -0.2) is 4.79 Å². The Labute approximate surface area is 146 Å². The molecule has 0 bridgehead atoms. The van der Waals surface area contributed by atoms with Crippen molar-refractivity contribution in [2.24, 2.45) is 5.92 Å². The van der Waals surface area contributed by atoms with E-state index in [1.165, 1.54) is 0 Å². The van der Waals surface area contributed by atoms with Crippen LogP contribution in [-0.4, -0.2) is 47.3 Å². The van der Waals surface area contributed by atoms with Crippen LogP contribution in [-0.2, 0) is 14.4 Å². The molecule has 0 saturated heterocycles. The Balaban J connectivity index is 2.54. The van der Waals surface area contributed by atoms with Crippen molar-refractivity contribution in [1.82, 2.24) is 10.6 Å². The van der Waals surface area contributed by atoms with E-state index >= 15 is 0 Å². The summed E-state index contributed by atoms with van der Waals surface area (Å²) >= 11 is 4.05. The molecule has 0 spiro atoms. The second-order valence-electron chi connectivity index (χ2n) is 5.59. The predicted molar refractivity (Wildman–Crippen MR) is 95.1 cm³/mol. The van der Waals surface area contributed by atoms with Crippen LogP contribution in [0.15, 0.2) is 30.3 Å². The standard InChI is InChI=1S/C16H23N3O4S/c1-10(2)14(16(22)23)19-15(21)12(9-24)18-13(20)8-17-11-6-4-3-5-7-11/h3-7,10,12,14,17,24H,8-9H2,1-2H3,(H,18,20)(H,19,21)(H,22,23)/t12-,14-/m0/s1. The van der Waals surface area contributed by atoms with E-state index in [0.29, 0.717) is 0 Å². The molecule has 1 rings (SSSR count). The number of carboxylic acids is 1. The van der Waals surface area contributed by atoms with Crippen LogP contribution < -0.4 is 16.0 Å². The molecular weight excluding hydrogens is 330 g/mol. The van der Waals surface area contributed by atoms with Gasteiger partial charge in [-0.05, 0) is 18.1 Å². The van der Waals surface area contributed by atoms with Crippen molar-refractivity contribution >= 4 is 36.1 Å². The monoisotopic (exact) mass is 353 g/mol. The third-order valence-electron chi connectivity index (χ3n) is 3.29. The molecule has 0 fully saturated rings. The Kier molecular flexibility index (Phi) is 8.11. The van der Waals surface area contributed by atoms with E-state index in [2.05, 4.69) is 28.6 Å². The van der Waals surface area contributed by atoms with Crippen LogP contribution in [0.25, 0.3) is 0 Å². The summed E-state index contributed by atoms with van der Waals surface area (Å²) in [7, 11) is 0. The van der Waals surface area contributed by atoms with E-state index in [4.69, 9.17) is 5.11 Å². The predicted octanol–water partition coefficient (Wildman–Crippen LogP) is 0.738. The van der Waals surface area contributed by atoms with Crippen LogP contribution in [0.5, 0.6) is 0 Å². The summed E-state index contributed by atoms with van der Waals surface area (Å²) in [6.07, 6.45) is 0. The summed E-state index contributed by atoms with van der Waals surface area (Å²) in [6.45, 7) is 3.38. The molecule has 1 aromatic carbocycles. The van der Waals surface area contributed by atoms with Gasteiger partial charge in [0.1, 0.15) is 12.1 Å². The van der Waals surface area contributed by atoms with Gasteiger partial charge in [0.05, 0.1) is 6.54 Å². The van der Waals surface area contributed by atoms with E-state index in [1.807, 2.05) is 30.3 Å². The lowest BCUT2D eigenvalue weighted by Gasteiger charge is -2.22. The highest BCUT2D eigenvalue weighted by Crippen LogP contribution is 2.04. The fourth-order valence-corrected chi connectivity index (χ4v) is 2.20. The molecule has 0 aliphatic rings. The van der Waals surface area contributed by atoms with Gasteiger partial charge in [0.15, 0.2) is 0 Å². The average molecular weight is 353 g/mol. The zero-order valence-corrected chi connectivity index (χ0v) is 14.5. The molecule has 1 aromatic rings. The van der Waals surface area contributed by atoms with Crippen LogP contribution >= 0.6 is 12.6 Å². The molecule has 0 saturated carbocycles. The van der Waals surface area contributed by atoms with Gasteiger partial charge >= 0.3 is 5.97 Å². The molecule has 0 aliphatic carbocycles. The van der Waals surface area contributed by atoms with E-state index in [9.17, 15) is 14.4 Å². The zero-order valence-electron chi connectivity index (χ0n) is 13.7. The number of thiol groups is 1. The lowest BCUT2D eigenvalue weighted by atomic mass is 10.0. The SMILES string of the molecule is CC(C)[C@H](NC(=O)[C@H](CS)NC(=O)CNc1ccccc1)C(=O)O. The Morgan fingerprint density at radius 2 is 1.75 bits per heavy atom. The van der Waals surface area contributed by atoms with Crippen LogP contribution in [0.4, 0.5) is 5.69 Å². The number of carbonyl (C=O) groups excluding carboxylic acids is 2. The number of nitrogens with one attached hydrogen (secondary N) is 3. The number of benzene rings is 1. The number of anilines is 1. The van der Waals surface area contributed by atoms with E-state index < -0.39 is 24.0 Å². The Morgan fingerprint density at radius 1 is 1.12 bits per heavy atom. The highest BCUT2D eigenvalue weighted by atomic mass is 32.1. The number of hydrogen-bond donors (Lipinski definition) is 5. The molecule has 0 unspecified atom stereocenters. The van der Waals surface area contributed by atoms with Gasteiger partial charge in [-0.15, -0.1) is 0 Å². The average Bonchev–Trinajstić information content (AvgIpc) is 2.55. The lowest BCUT2D eigenvalue weighted by Crippen LogP contribution is -2.54. The van der Waals surface area contributed by atoms with Crippen molar-refractivity contribution in [3.8, 4) is 0 Å². The van der Waals surface area contributed by atoms with Gasteiger partial charge in [-0.3, -0.25) is 9.59 Å². The molecule has 0 heterocycles. The minimum Gasteiger partial charge on any atom is -0.480 e. The third-order valence-corrected chi connectivity index (χ3v) is 3.66. The third kappa shape index (κ3) is 6.49. The van der Waals surface area contributed by atoms with E-state index in [0.717, 1.165) is 5.69 Å². The molecular formula is C16H23N3O4S. The Morgan fingerprint density at radius 3 is 2.25 bits per heavy atom. The number of para-hydroxylation sites is 1. The smallest absolute Gasteiger partial charge is 0.326 e. The first-order valence-electron chi connectivity index (χ1n) is 7.57. The molecule has 0 aromatic heterocycles. The van der Waals surface area contributed by atoms with E-state index in [1.54, 1.807) is 13.8 Å². The summed E-state index contributed by atoms with van der Waals surface area (Å²) in [6, 6.07) is 7.25. The first kappa shape index (κ1) is 19.8. The van der Waals surface area contributed by atoms with Crippen LogP contribution in [0.2, 0.25) is 0 Å². The van der Waals surface area contributed by atoms with Gasteiger partial charge in [0.25, 0.3) is 0 Å². The minimum atomic E-state index is -1.12. The maximum absolute atomic E-state index is 12.1. The number of amides is 2. The maximum Gasteiger partial charge on any atom is 0.326 e. The van der Waals surface area contributed by atoms with Gasteiger partial charge < -0.3 is 21.1 Å². The van der Waals surface area contributed by atoms with Gasteiger partial charge in [-0.2, -0.15) is 12.6 Å². The second-order valence-corrected chi connectivity index (χ2v) is 5.96. The van der Waals surface area contributed by atoms with Crippen molar-refractivity contribution in [3.63, 3.8) is 0 Å². The quantitative estimate of drug-likeness (QED) is 0.421. The summed E-state index contributed by atoms with van der Waals surface area (Å²) in [5.41, 5.74) is 0.783. The molecule has 8 heteroatoms. The van der Waals surface area contributed by atoms with Crippen molar-refractivity contribution in [2.45, 2.75) is 25.9 Å². The molecule has 2 atom stereocenters. The molecule has 24 heavy (non-hydrogen) atoms. The summed E-state index contributed by atoms with van der Waals surface area (Å²) in [4.78, 5) is 35.2. The summed E-state index contributed by atoms with van der Waals surface area (Å²) in [5, 5.41) is 17.0. The van der Waals surface area contributed by atoms with Crippen LogP contribution in [0.3, 0.4) is 0 Å². The van der Waals surface area contributed by atoms with Crippen LogP contribution in [0.1, 0.15) is 13.8 Å². The topological polar surface area (TPSA) is 108 Å². The number of carbonyl (C=O) groups is 3. The van der Waals surface area contributed by atoms with Crippen molar-refractivity contribution in [1.29, 1.82) is 0 Å². The Hall–Kier alpha value is -2.22. The molecule has 0 radical (unpaired) electrons. The molecule has 4 N–H and O–H groups in total. The molecule has 132 valence electrons. The van der Waals surface area contributed by atoms with E-state index in [-0.39, 0.29) is 24.1 Å². The number of hydrogen-bond acceptors (Lipinski definition) is 5. The normalized spacial score (nSPS) is 13.0. The minimum absolute atomic E-state index is 0.00584. The van der Waals surface area contributed by atoms with Gasteiger partial charge in [0.2, 0.25) is 11.8 Å². The fourth-order valence-electron chi connectivity index (χ4n) is 1.95. The number of rotatable bonds is 9. The zero-order chi connectivity index (χ0) is 18.1. The number of carboxylic acid groups (broad SMARTS) is 1. The highest BCUT2D eigenvalue weighted by molar-refractivity contribution is 7.80. The maximum atomic E-state index is 12.1. The lowest BCUT2D eigenvalue weighted by molar-refractivity contribution is -0.143. The fraction of sp³-hybridized carbons (Fsp3) is 0.438. The summed E-state index contributed by atoms with van der Waals surface area (Å²) in [5.74, 6) is -2.28. The second kappa shape index (κ2) is 9.82. The molecule has 0 aliphatic heterocycles. The first-order valence-corrected chi connectivity index (χ1v) is 8.20. The number of aliphatic carboxylic acids is 1. The van der Waals surface area contributed by atoms with Crippen molar-refractivity contribution < 1.29 is 19.5 Å². The van der Waals surface area contributed by atoms with Gasteiger partial charge in [-0.1, -0.05) is 32.0 Å². The van der Waals surface area contributed by atoms with Gasteiger partial charge in [0, 0.05) is 11.4 Å².